The van der Waals surface area contributed by atoms with Crippen molar-refractivity contribution in [1.82, 2.24) is 9.80 Å². The number of hydrogen-bond donors (Lipinski definition) is 2. The van der Waals surface area contributed by atoms with Crippen LogP contribution in [0.2, 0.25) is 0 Å². The van der Waals surface area contributed by atoms with Crippen molar-refractivity contribution in [3.8, 4) is 22.3 Å². The van der Waals surface area contributed by atoms with E-state index < -0.39 is 0 Å². The maximum atomic E-state index is 14.0. The lowest BCUT2D eigenvalue weighted by atomic mass is 9.95. The van der Waals surface area contributed by atoms with Crippen LogP contribution in [0.3, 0.4) is 0 Å². The number of amides is 2. The van der Waals surface area contributed by atoms with Gasteiger partial charge in [0.15, 0.2) is 22.6 Å². The number of benzene rings is 6. The van der Waals surface area contributed by atoms with Crippen LogP contribution in [0.25, 0.3) is 84.5 Å². The highest BCUT2D eigenvalue weighted by atomic mass is 32.1. The SMILES string of the molecule is CCC1CN(CC(=O)Nc2ccc3sc4c(-c5cccc6c(=O)cc(N7CCOC(C(C)C8CN(CC(=O)Nc9ccc%10sc%11c(-c%12cccc%13c(=O)cc(N%14CCOCC%14)oc%12%13)cccc%11c%10c9)CCO8)C7)oc56)cccc4c3c2)CCO1. The van der Waals surface area contributed by atoms with Gasteiger partial charge in [-0.15, -0.1) is 22.7 Å². The van der Waals surface area contributed by atoms with Gasteiger partial charge in [-0.3, -0.25) is 29.0 Å². The predicted molar refractivity (Wildman–Crippen MR) is 336 cm³/mol. The monoisotopic (exact) mass is 1160 g/mol. The van der Waals surface area contributed by atoms with E-state index in [4.69, 9.17) is 27.8 Å². The number of anilines is 4. The first-order valence-corrected chi connectivity index (χ1v) is 30.7. The Balaban J connectivity index is 0.646. The molecule has 0 radical (unpaired) electrons. The normalized spacial score (nSPS) is 19.7. The maximum absolute atomic E-state index is 14.0. The van der Waals surface area contributed by atoms with E-state index in [1.807, 2.05) is 66.7 Å². The van der Waals surface area contributed by atoms with Crippen LogP contribution < -0.4 is 31.3 Å². The zero-order chi connectivity index (χ0) is 57.0. The number of nitrogens with one attached hydrogen (secondary N) is 2. The lowest BCUT2D eigenvalue weighted by molar-refractivity contribution is -0.123. The van der Waals surface area contributed by atoms with E-state index in [0.29, 0.717) is 118 Å². The highest BCUT2D eigenvalue weighted by Crippen LogP contribution is 2.45. The van der Waals surface area contributed by atoms with Crippen LogP contribution in [-0.2, 0) is 28.5 Å². The molecule has 6 aromatic carbocycles. The van der Waals surface area contributed by atoms with E-state index in [1.54, 1.807) is 34.8 Å². The molecule has 0 aliphatic carbocycles. The Morgan fingerprint density at radius 1 is 0.524 bits per heavy atom. The van der Waals surface area contributed by atoms with Gasteiger partial charge in [-0.2, -0.15) is 0 Å². The summed E-state index contributed by atoms with van der Waals surface area (Å²) in [7, 11) is 0. The molecule has 0 bridgehead atoms. The highest BCUT2D eigenvalue weighted by Gasteiger charge is 2.36. The van der Waals surface area contributed by atoms with Gasteiger partial charge in [0.05, 0.1) is 75.2 Å². The molecular formula is C66H64N6O10S2. The van der Waals surface area contributed by atoms with Crippen molar-refractivity contribution in [2.75, 3.05) is 119 Å². The molecule has 10 aromatic rings. The molecule has 14 rings (SSSR count). The molecule has 4 fully saturated rings. The van der Waals surface area contributed by atoms with Crippen molar-refractivity contribution in [3.63, 3.8) is 0 Å². The molecule has 18 heteroatoms. The van der Waals surface area contributed by atoms with E-state index in [-0.39, 0.29) is 53.4 Å². The van der Waals surface area contributed by atoms with Crippen LogP contribution in [0.5, 0.6) is 0 Å². The van der Waals surface area contributed by atoms with Gasteiger partial charge in [0, 0.05) is 144 Å². The molecule has 4 atom stereocenters. The van der Waals surface area contributed by atoms with Gasteiger partial charge in [-0.25, -0.2) is 0 Å². The Morgan fingerprint density at radius 3 is 1.56 bits per heavy atom. The predicted octanol–water partition coefficient (Wildman–Crippen LogP) is 11.0. The minimum Gasteiger partial charge on any atom is -0.440 e. The number of ether oxygens (including phenoxy) is 4. The van der Waals surface area contributed by atoms with Crippen molar-refractivity contribution in [1.29, 1.82) is 0 Å². The first-order chi connectivity index (χ1) is 41.1. The minimum atomic E-state index is -0.233. The summed E-state index contributed by atoms with van der Waals surface area (Å²) < 4.78 is 41.9. The summed E-state index contributed by atoms with van der Waals surface area (Å²) in [6.07, 6.45) is 0.637. The van der Waals surface area contributed by atoms with Crippen LogP contribution in [0.4, 0.5) is 23.1 Å². The van der Waals surface area contributed by atoms with Gasteiger partial charge < -0.3 is 48.2 Å². The summed E-state index contributed by atoms with van der Waals surface area (Å²) in [4.78, 5) is 63.0. The lowest BCUT2D eigenvalue weighted by Crippen LogP contribution is -2.53. The Bertz CT molecular complexity index is 4300. The largest absolute Gasteiger partial charge is 0.440 e. The molecule has 4 saturated heterocycles. The van der Waals surface area contributed by atoms with Crippen LogP contribution in [0.15, 0.2) is 140 Å². The average molecular weight is 1170 g/mol. The lowest BCUT2D eigenvalue weighted by Gasteiger charge is -2.41. The number of para-hydroxylation sites is 2. The summed E-state index contributed by atoms with van der Waals surface area (Å²) in [6.45, 7) is 12.5. The second-order valence-electron chi connectivity index (χ2n) is 22.4. The topological polar surface area (TPSA) is 168 Å². The molecular weight excluding hydrogens is 1100 g/mol. The van der Waals surface area contributed by atoms with E-state index in [1.165, 1.54) is 0 Å². The molecule has 4 unspecified atom stereocenters. The van der Waals surface area contributed by atoms with Gasteiger partial charge in [-0.1, -0.05) is 74.5 Å². The first-order valence-electron chi connectivity index (χ1n) is 29.1. The fourth-order valence-corrected chi connectivity index (χ4v) is 15.1. The average Bonchev–Trinajstić information content (AvgIpc) is 2.07. The van der Waals surface area contributed by atoms with Gasteiger partial charge >= 0.3 is 0 Å². The number of carbonyl (C=O) groups is 2. The van der Waals surface area contributed by atoms with Crippen molar-refractivity contribution < 1.29 is 37.4 Å². The molecule has 2 N–H and O–H groups in total. The van der Waals surface area contributed by atoms with Gasteiger partial charge in [0.1, 0.15) is 11.2 Å². The van der Waals surface area contributed by atoms with Crippen molar-refractivity contribution in [2.45, 2.75) is 38.6 Å². The number of nitrogens with zero attached hydrogens (tertiary/aromatic N) is 4. The molecule has 8 heterocycles. The van der Waals surface area contributed by atoms with Crippen LogP contribution >= 0.6 is 22.7 Å². The van der Waals surface area contributed by atoms with Crippen LogP contribution in [0.1, 0.15) is 20.3 Å². The molecule has 4 aliphatic heterocycles. The van der Waals surface area contributed by atoms with Crippen LogP contribution in [0, 0.1) is 5.92 Å². The Kier molecular flexibility index (Phi) is 15.0. The highest BCUT2D eigenvalue weighted by molar-refractivity contribution is 7.26. The third-order valence-electron chi connectivity index (χ3n) is 17.1. The van der Waals surface area contributed by atoms with Gasteiger partial charge in [0.2, 0.25) is 11.8 Å². The van der Waals surface area contributed by atoms with E-state index in [9.17, 15) is 19.2 Å². The number of fused-ring (bicyclic) bond motifs is 8. The zero-order valence-corrected chi connectivity index (χ0v) is 48.5. The van der Waals surface area contributed by atoms with E-state index in [2.05, 4.69) is 86.5 Å². The van der Waals surface area contributed by atoms with Gasteiger partial charge in [-0.05, 0) is 55.0 Å². The molecule has 2 amide bonds. The van der Waals surface area contributed by atoms with Crippen molar-refractivity contribution >= 4 is 120 Å². The third-order valence-corrected chi connectivity index (χ3v) is 19.6. The quantitative estimate of drug-likeness (QED) is 0.112. The molecule has 4 aliphatic rings. The van der Waals surface area contributed by atoms with Gasteiger partial charge in [0.25, 0.3) is 0 Å². The Morgan fingerprint density at radius 2 is 1.00 bits per heavy atom. The van der Waals surface area contributed by atoms with E-state index in [0.717, 1.165) is 87.8 Å². The molecule has 430 valence electrons. The number of thiophene rings is 2. The Hall–Kier alpha value is -7.52. The summed E-state index contributed by atoms with van der Waals surface area (Å²) in [5, 5.41) is 11.6. The zero-order valence-electron chi connectivity index (χ0n) is 46.9. The number of morpholine rings is 4. The standard InChI is InChI=1S/C66H64N6O10S2/c1-3-42-34-69(20-27-78-42)37-59(75)67-40-16-18-57-51(30-40)48-13-7-11-46(66(48)84-57)44-9-5-15-50-54(74)33-62(82-64(44)50)72-24-29-80-56(36-72)39(2)55-35-70(21-28-79-55)38-60(76)68-41-17-19-58-52(31-41)47-12-6-10-45(65(47)83-58)43-8-4-14-49-53(73)32-61(81-63(43)49)71-22-25-77-26-23-71/h4-19,30-33,39,42,55-56H,3,20-29,34-38H2,1-2H3,(H,67,75)(H,68,76). The third kappa shape index (κ3) is 10.6. The maximum Gasteiger partial charge on any atom is 0.238 e. The number of rotatable bonds is 13. The fourth-order valence-electron chi connectivity index (χ4n) is 12.6. The second-order valence-corrected chi connectivity index (χ2v) is 24.5. The van der Waals surface area contributed by atoms with E-state index >= 15 is 0 Å². The summed E-state index contributed by atoms with van der Waals surface area (Å²) in [5.74, 6) is 0.831. The molecule has 84 heavy (non-hydrogen) atoms. The summed E-state index contributed by atoms with van der Waals surface area (Å²) in [6, 6.07) is 39.3. The number of carbonyl (C=O) groups excluding carboxylic acids is 2. The second kappa shape index (κ2) is 23.2. The fraction of sp³-hybridized carbons (Fsp3) is 0.333. The molecule has 16 nitrogen and oxygen atoms in total. The van der Waals surface area contributed by atoms with Crippen molar-refractivity contribution in [3.05, 3.63) is 142 Å². The summed E-state index contributed by atoms with van der Waals surface area (Å²) >= 11 is 3.36. The molecule has 0 spiro atoms. The Labute approximate surface area is 492 Å². The summed E-state index contributed by atoms with van der Waals surface area (Å²) in [5.41, 5.74) is 5.98. The molecule has 4 aromatic heterocycles. The first kappa shape index (κ1) is 54.4. The minimum absolute atomic E-state index is 0.0463. The van der Waals surface area contributed by atoms with Crippen LogP contribution in [-0.4, -0.2) is 138 Å². The molecule has 0 saturated carbocycles. The smallest absolute Gasteiger partial charge is 0.238 e. The van der Waals surface area contributed by atoms with Crippen molar-refractivity contribution in [2.24, 2.45) is 5.92 Å². The number of hydrogen-bond acceptors (Lipinski definition) is 16.